The van der Waals surface area contributed by atoms with E-state index in [0.29, 0.717) is 11.9 Å². The lowest BCUT2D eigenvalue weighted by Gasteiger charge is -2.13. The molecule has 0 bridgehead atoms. The Balaban J connectivity index is 1.89. The standard InChI is InChI=1S/C20H22N6O2/c1-12-4-8-15(9-5-12)22-19-24-18(21-14(3)17(27)28)25-20(26-19)23-16-10-6-13(2)7-11-16/h4-11,14H,1-3H3,(H,27,28)(H3,21,22,23,24,25,26)/t14-/m1/s1. The summed E-state index contributed by atoms with van der Waals surface area (Å²) in [5.41, 5.74) is 3.91. The van der Waals surface area contributed by atoms with Crippen LogP contribution in [0.25, 0.3) is 0 Å². The number of aliphatic carboxylic acids is 1. The minimum absolute atomic E-state index is 0.161. The van der Waals surface area contributed by atoms with Crippen LogP contribution in [0.2, 0.25) is 0 Å². The normalized spacial score (nSPS) is 11.5. The monoisotopic (exact) mass is 378 g/mol. The number of aromatic nitrogens is 3. The highest BCUT2D eigenvalue weighted by Gasteiger charge is 2.14. The molecular weight excluding hydrogens is 356 g/mol. The molecule has 144 valence electrons. The van der Waals surface area contributed by atoms with E-state index in [9.17, 15) is 4.79 Å². The molecule has 3 aromatic rings. The van der Waals surface area contributed by atoms with Gasteiger partial charge in [-0.15, -0.1) is 0 Å². The summed E-state index contributed by atoms with van der Waals surface area (Å²) in [4.78, 5) is 24.1. The predicted molar refractivity (Wildman–Crippen MR) is 109 cm³/mol. The fraction of sp³-hybridized carbons (Fsp3) is 0.200. The molecule has 1 heterocycles. The highest BCUT2D eigenvalue weighted by atomic mass is 16.4. The van der Waals surface area contributed by atoms with Crippen molar-refractivity contribution in [3.05, 3.63) is 59.7 Å². The summed E-state index contributed by atoms with van der Waals surface area (Å²) < 4.78 is 0. The Morgan fingerprint density at radius 2 is 1.18 bits per heavy atom. The number of hydrogen-bond donors (Lipinski definition) is 4. The maximum absolute atomic E-state index is 11.2. The van der Waals surface area contributed by atoms with Crippen molar-refractivity contribution in [1.82, 2.24) is 15.0 Å². The Hall–Kier alpha value is -3.68. The highest BCUT2D eigenvalue weighted by molar-refractivity contribution is 5.76. The molecule has 0 fully saturated rings. The second-order valence-corrected chi connectivity index (χ2v) is 6.49. The van der Waals surface area contributed by atoms with Gasteiger partial charge in [0.15, 0.2) is 0 Å². The molecule has 0 aliphatic rings. The first-order chi connectivity index (χ1) is 13.4. The molecule has 8 heteroatoms. The van der Waals surface area contributed by atoms with Crippen LogP contribution in [0, 0.1) is 13.8 Å². The Bertz CT molecular complexity index is 892. The molecular formula is C20H22N6O2. The van der Waals surface area contributed by atoms with Crippen LogP contribution >= 0.6 is 0 Å². The van der Waals surface area contributed by atoms with E-state index in [1.165, 1.54) is 6.92 Å². The van der Waals surface area contributed by atoms with E-state index in [0.717, 1.165) is 22.5 Å². The molecule has 8 nitrogen and oxygen atoms in total. The third kappa shape index (κ3) is 5.16. The lowest BCUT2D eigenvalue weighted by Crippen LogP contribution is -2.26. The summed E-state index contributed by atoms with van der Waals surface area (Å²) in [6.45, 7) is 5.53. The van der Waals surface area contributed by atoms with Crippen molar-refractivity contribution in [2.75, 3.05) is 16.0 Å². The first-order valence-corrected chi connectivity index (χ1v) is 8.82. The maximum Gasteiger partial charge on any atom is 0.325 e. The predicted octanol–water partition coefficient (Wildman–Crippen LogP) is 3.86. The van der Waals surface area contributed by atoms with Gasteiger partial charge in [-0.3, -0.25) is 4.79 Å². The van der Waals surface area contributed by atoms with E-state index in [1.54, 1.807) is 0 Å². The van der Waals surface area contributed by atoms with Gasteiger partial charge >= 0.3 is 5.97 Å². The van der Waals surface area contributed by atoms with Crippen molar-refractivity contribution in [1.29, 1.82) is 0 Å². The summed E-state index contributed by atoms with van der Waals surface area (Å²) in [7, 11) is 0. The Labute approximate surface area is 163 Å². The second kappa shape index (κ2) is 8.34. The number of rotatable bonds is 7. The SMILES string of the molecule is Cc1ccc(Nc2nc(Nc3ccc(C)cc3)nc(N[C@H](C)C(=O)O)n2)cc1. The lowest BCUT2D eigenvalue weighted by molar-refractivity contribution is -0.137. The molecule has 0 saturated heterocycles. The van der Waals surface area contributed by atoms with Gasteiger partial charge in [0.05, 0.1) is 0 Å². The van der Waals surface area contributed by atoms with Crippen LogP contribution in [0.1, 0.15) is 18.1 Å². The molecule has 0 radical (unpaired) electrons. The molecule has 0 spiro atoms. The van der Waals surface area contributed by atoms with Crippen LogP contribution in [-0.2, 0) is 4.79 Å². The molecule has 0 saturated carbocycles. The van der Waals surface area contributed by atoms with Gasteiger partial charge < -0.3 is 21.1 Å². The number of nitrogens with zero attached hydrogens (tertiary/aromatic N) is 3. The van der Waals surface area contributed by atoms with Crippen molar-refractivity contribution in [2.24, 2.45) is 0 Å². The molecule has 0 aliphatic carbocycles. The van der Waals surface area contributed by atoms with Crippen LogP contribution < -0.4 is 16.0 Å². The van der Waals surface area contributed by atoms with Crippen LogP contribution in [0.4, 0.5) is 29.2 Å². The molecule has 0 amide bonds. The van der Waals surface area contributed by atoms with Crippen LogP contribution in [0.5, 0.6) is 0 Å². The molecule has 1 aromatic heterocycles. The number of carboxylic acid groups (broad SMARTS) is 1. The number of aryl methyl sites for hydroxylation is 2. The lowest BCUT2D eigenvalue weighted by atomic mass is 10.2. The first kappa shape index (κ1) is 19.1. The highest BCUT2D eigenvalue weighted by Crippen LogP contribution is 2.19. The van der Waals surface area contributed by atoms with E-state index in [2.05, 4.69) is 30.9 Å². The van der Waals surface area contributed by atoms with Crippen LogP contribution in [0.15, 0.2) is 48.5 Å². The number of carboxylic acids is 1. The van der Waals surface area contributed by atoms with Gasteiger partial charge in [0.25, 0.3) is 0 Å². The molecule has 28 heavy (non-hydrogen) atoms. The van der Waals surface area contributed by atoms with Gasteiger partial charge in [-0.1, -0.05) is 35.4 Å². The van der Waals surface area contributed by atoms with Crippen molar-refractivity contribution in [3.8, 4) is 0 Å². The van der Waals surface area contributed by atoms with E-state index in [-0.39, 0.29) is 5.95 Å². The van der Waals surface area contributed by atoms with Crippen LogP contribution in [0.3, 0.4) is 0 Å². The zero-order chi connectivity index (χ0) is 20.1. The third-order valence-electron chi connectivity index (χ3n) is 3.97. The Kier molecular flexibility index (Phi) is 5.69. The summed E-state index contributed by atoms with van der Waals surface area (Å²) in [5.74, 6) is -0.238. The smallest absolute Gasteiger partial charge is 0.325 e. The Morgan fingerprint density at radius 3 is 1.57 bits per heavy atom. The molecule has 1 atom stereocenters. The summed E-state index contributed by atoms with van der Waals surface area (Å²) in [5, 5.41) is 18.1. The van der Waals surface area contributed by atoms with Gasteiger partial charge in [0, 0.05) is 11.4 Å². The van der Waals surface area contributed by atoms with Crippen LogP contribution in [-0.4, -0.2) is 32.1 Å². The second-order valence-electron chi connectivity index (χ2n) is 6.49. The number of hydrogen-bond acceptors (Lipinski definition) is 7. The topological polar surface area (TPSA) is 112 Å². The molecule has 3 rings (SSSR count). The third-order valence-corrected chi connectivity index (χ3v) is 3.97. The minimum Gasteiger partial charge on any atom is -0.480 e. The maximum atomic E-state index is 11.2. The van der Waals surface area contributed by atoms with Gasteiger partial charge in [0.2, 0.25) is 17.8 Å². The zero-order valence-corrected chi connectivity index (χ0v) is 15.9. The first-order valence-electron chi connectivity index (χ1n) is 8.82. The minimum atomic E-state index is -0.999. The van der Waals surface area contributed by atoms with Gasteiger partial charge in [-0.05, 0) is 45.0 Å². The van der Waals surface area contributed by atoms with Crippen molar-refractivity contribution >= 4 is 35.2 Å². The summed E-state index contributed by atoms with van der Waals surface area (Å²) in [6, 6.07) is 14.7. The Morgan fingerprint density at radius 1 is 0.786 bits per heavy atom. The molecule has 4 N–H and O–H groups in total. The van der Waals surface area contributed by atoms with E-state index in [1.807, 2.05) is 62.4 Å². The van der Waals surface area contributed by atoms with E-state index < -0.39 is 12.0 Å². The largest absolute Gasteiger partial charge is 0.480 e. The van der Waals surface area contributed by atoms with Gasteiger partial charge in [-0.25, -0.2) is 0 Å². The zero-order valence-electron chi connectivity index (χ0n) is 15.9. The van der Waals surface area contributed by atoms with Gasteiger partial charge in [-0.2, -0.15) is 15.0 Å². The number of carbonyl (C=O) groups is 1. The molecule has 2 aromatic carbocycles. The van der Waals surface area contributed by atoms with Crippen molar-refractivity contribution < 1.29 is 9.90 Å². The van der Waals surface area contributed by atoms with Crippen molar-refractivity contribution in [2.45, 2.75) is 26.8 Å². The fourth-order valence-corrected chi connectivity index (χ4v) is 2.34. The summed E-state index contributed by atoms with van der Waals surface area (Å²) in [6.07, 6.45) is 0. The average molecular weight is 378 g/mol. The number of anilines is 5. The fourth-order valence-electron chi connectivity index (χ4n) is 2.34. The number of benzene rings is 2. The average Bonchev–Trinajstić information content (AvgIpc) is 2.65. The quantitative estimate of drug-likeness (QED) is 0.490. The summed E-state index contributed by atoms with van der Waals surface area (Å²) >= 11 is 0. The molecule has 0 unspecified atom stereocenters. The number of nitrogens with one attached hydrogen (secondary N) is 3. The van der Waals surface area contributed by atoms with E-state index in [4.69, 9.17) is 5.11 Å². The molecule has 0 aliphatic heterocycles. The van der Waals surface area contributed by atoms with E-state index >= 15 is 0 Å². The van der Waals surface area contributed by atoms with Crippen molar-refractivity contribution in [3.63, 3.8) is 0 Å². The van der Waals surface area contributed by atoms with Gasteiger partial charge in [0.1, 0.15) is 6.04 Å².